The lowest BCUT2D eigenvalue weighted by Gasteiger charge is -2.14. The maximum absolute atomic E-state index is 9.34. The van der Waals surface area contributed by atoms with Crippen LogP contribution in [0.5, 0.6) is 0 Å². The van der Waals surface area contributed by atoms with Crippen molar-refractivity contribution in [2.24, 2.45) is 0 Å². The predicted molar refractivity (Wildman–Crippen MR) is 52.9 cm³/mol. The van der Waals surface area contributed by atoms with Crippen molar-refractivity contribution < 1.29 is 5.11 Å². The molecule has 0 radical (unpaired) electrons. The van der Waals surface area contributed by atoms with Gasteiger partial charge in [0.25, 0.3) is 0 Å². The zero-order chi connectivity index (χ0) is 9.97. The lowest BCUT2D eigenvalue weighted by molar-refractivity contribution is 0.174. The molecule has 0 spiro atoms. The Hall–Kier alpha value is -0.710. The van der Waals surface area contributed by atoms with Gasteiger partial charge < -0.3 is 5.11 Å². The number of hydrogen-bond acceptors (Lipinski definition) is 4. The Morgan fingerprint density at radius 2 is 2.29 bits per heavy atom. The molecular formula is C9H12ClN3O. The van der Waals surface area contributed by atoms with Crippen molar-refractivity contribution in [3.8, 4) is 0 Å². The van der Waals surface area contributed by atoms with Crippen LogP contribution < -0.4 is 0 Å². The zero-order valence-corrected chi connectivity index (χ0v) is 8.48. The Labute approximate surface area is 87.5 Å². The van der Waals surface area contributed by atoms with E-state index >= 15 is 0 Å². The van der Waals surface area contributed by atoms with Gasteiger partial charge >= 0.3 is 0 Å². The van der Waals surface area contributed by atoms with Gasteiger partial charge in [-0.2, -0.15) is 0 Å². The summed E-state index contributed by atoms with van der Waals surface area (Å²) < 4.78 is 0. The lowest BCUT2D eigenvalue weighted by atomic mass is 10.3. The Kier molecular flexibility index (Phi) is 2.96. The van der Waals surface area contributed by atoms with Crippen molar-refractivity contribution in [1.29, 1.82) is 0 Å². The number of β-amino-alcohol motifs (C(OH)–C–C–N with tert-alkyl or cyclic N) is 1. The van der Waals surface area contributed by atoms with E-state index in [1.54, 1.807) is 12.4 Å². The first-order chi connectivity index (χ1) is 6.75. The molecule has 0 aliphatic carbocycles. The zero-order valence-electron chi connectivity index (χ0n) is 7.73. The summed E-state index contributed by atoms with van der Waals surface area (Å²) in [5, 5.41) is 9.79. The van der Waals surface area contributed by atoms with Crippen LogP contribution in [-0.4, -0.2) is 39.2 Å². The molecule has 0 unspecified atom stereocenters. The summed E-state index contributed by atoms with van der Waals surface area (Å²) in [5.41, 5.74) is 0.781. The fourth-order valence-corrected chi connectivity index (χ4v) is 1.79. The molecule has 0 bridgehead atoms. The minimum absolute atomic E-state index is 0.203. The van der Waals surface area contributed by atoms with Gasteiger partial charge in [-0.15, -0.1) is 0 Å². The second kappa shape index (κ2) is 4.21. The molecule has 4 nitrogen and oxygen atoms in total. The highest BCUT2D eigenvalue weighted by molar-refractivity contribution is 6.29. The number of nitrogens with zero attached hydrogens (tertiary/aromatic N) is 3. The van der Waals surface area contributed by atoms with E-state index in [1.165, 1.54) is 0 Å². The maximum atomic E-state index is 9.34. The van der Waals surface area contributed by atoms with Gasteiger partial charge in [0.05, 0.1) is 11.8 Å². The molecule has 2 rings (SSSR count). The summed E-state index contributed by atoms with van der Waals surface area (Å²) in [6.07, 6.45) is 3.83. The van der Waals surface area contributed by atoms with E-state index in [0.29, 0.717) is 18.2 Å². The van der Waals surface area contributed by atoms with Crippen molar-refractivity contribution in [1.82, 2.24) is 14.9 Å². The van der Waals surface area contributed by atoms with Crippen LogP contribution in [0, 0.1) is 0 Å². The molecule has 1 fully saturated rings. The van der Waals surface area contributed by atoms with E-state index in [1.807, 2.05) is 0 Å². The number of aromatic nitrogens is 2. The van der Waals surface area contributed by atoms with Gasteiger partial charge in [-0.05, 0) is 6.42 Å². The molecule has 1 aromatic rings. The molecule has 76 valence electrons. The quantitative estimate of drug-likeness (QED) is 0.786. The minimum atomic E-state index is -0.203. The smallest absolute Gasteiger partial charge is 0.151 e. The third-order valence-corrected chi connectivity index (χ3v) is 2.66. The fourth-order valence-electron chi connectivity index (χ4n) is 1.62. The van der Waals surface area contributed by atoms with Crippen LogP contribution >= 0.6 is 11.6 Å². The SMILES string of the molecule is O[C@H]1CCN(Cc2nccnc2Cl)C1. The molecule has 0 aromatic carbocycles. The van der Waals surface area contributed by atoms with Crippen LogP contribution in [-0.2, 0) is 6.54 Å². The van der Waals surface area contributed by atoms with Gasteiger partial charge in [0, 0.05) is 32.0 Å². The Balaban J connectivity index is 2.01. The van der Waals surface area contributed by atoms with Gasteiger partial charge in [-0.3, -0.25) is 9.88 Å². The predicted octanol–water partition coefficient (Wildman–Crippen LogP) is 0.697. The second-order valence-electron chi connectivity index (χ2n) is 3.47. The highest BCUT2D eigenvalue weighted by atomic mass is 35.5. The average molecular weight is 214 g/mol. The van der Waals surface area contributed by atoms with Crippen LogP contribution in [0.1, 0.15) is 12.1 Å². The summed E-state index contributed by atoms with van der Waals surface area (Å²) >= 11 is 5.88. The maximum Gasteiger partial charge on any atom is 0.151 e. The van der Waals surface area contributed by atoms with E-state index in [4.69, 9.17) is 11.6 Å². The van der Waals surface area contributed by atoms with Crippen molar-refractivity contribution in [3.63, 3.8) is 0 Å². The third-order valence-electron chi connectivity index (χ3n) is 2.34. The first-order valence-electron chi connectivity index (χ1n) is 4.61. The highest BCUT2D eigenvalue weighted by Crippen LogP contribution is 2.15. The lowest BCUT2D eigenvalue weighted by Crippen LogP contribution is -2.22. The van der Waals surface area contributed by atoms with E-state index in [0.717, 1.165) is 18.7 Å². The van der Waals surface area contributed by atoms with Crippen LogP contribution in [0.15, 0.2) is 12.4 Å². The largest absolute Gasteiger partial charge is 0.392 e. The number of likely N-dealkylation sites (tertiary alicyclic amines) is 1. The average Bonchev–Trinajstić information content (AvgIpc) is 2.56. The summed E-state index contributed by atoms with van der Waals surface area (Å²) in [5.74, 6) is 0. The summed E-state index contributed by atoms with van der Waals surface area (Å²) in [4.78, 5) is 10.2. The van der Waals surface area contributed by atoms with Crippen LogP contribution in [0.4, 0.5) is 0 Å². The van der Waals surface area contributed by atoms with Crippen molar-refractivity contribution in [2.75, 3.05) is 13.1 Å². The monoisotopic (exact) mass is 213 g/mol. The summed E-state index contributed by atoms with van der Waals surface area (Å²) in [6.45, 7) is 2.27. The summed E-state index contributed by atoms with van der Waals surface area (Å²) in [6, 6.07) is 0. The molecule has 1 aromatic heterocycles. The number of halogens is 1. The van der Waals surface area contributed by atoms with E-state index in [-0.39, 0.29) is 6.10 Å². The molecule has 5 heteroatoms. The summed E-state index contributed by atoms with van der Waals surface area (Å²) in [7, 11) is 0. The standard InChI is InChI=1S/C9H12ClN3O/c10-9-8(11-2-3-12-9)6-13-4-1-7(14)5-13/h2-3,7,14H,1,4-6H2/t7-/m0/s1. The van der Waals surface area contributed by atoms with Gasteiger partial charge in [0.2, 0.25) is 0 Å². The number of aliphatic hydroxyl groups excluding tert-OH is 1. The molecular weight excluding hydrogens is 202 g/mol. The van der Waals surface area contributed by atoms with E-state index < -0.39 is 0 Å². The van der Waals surface area contributed by atoms with Crippen molar-refractivity contribution in [2.45, 2.75) is 19.1 Å². The van der Waals surface area contributed by atoms with Gasteiger partial charge in [0.1, 0.15) is 0 Å². The normalized spacial score (nSPS) is 22.9. The molecule has 1 aliphatic rings. The Bertz CT molecular complexity index is 321. The molecule has 1 aliphatic heterocycles. The number of rotatable bonds is 2. The number of hydrogen-bond donors (Lipinski definition) is 1. The molecule has 2 heterocycles. The second-order valence-corrected chi connectivity index (χ2v) is 3.83. The van der Waals surface area contributed by atoms with Crippen molar-refractivity contribution in [3.05, 3.63) is 23.2 Å². The molecule has 0 saturated carbocycles. The minimum Gasteiger partial charge on any atom is -0.392 e. The first kappa shape index (κ1) is 9.83. The van der Waals surface area contributed by atoms with E-state index in [2.05, 4.69) is 14.9 Å². The van der Waals surface area contributed by atoms with Gasteiger partial charge in [-0.1, -0.05) is 11.6 Å². The Morgan fingerprint density at radius 3 is 2.93 bits per heavy atom. The highest BCUT2D eigenvalue weighted by Gasteiger charge is 2.21. The van der Waals surface area contributed by atoms with Crippen molar-refractivity contribution >= 4 is 11.6 Å². The molecule has 1 saturated heterocycles. The molecule has 0 amide bonds. The Morgan fingerprint density at radius 1 is 1.50 bits per heavy atom. The van der Waals surface area contributed by atoms with Crippen LogP contribution in [0.25, 0.3) is 0 Å². The number of aliphatic hydroxyl groups is 1. The molecule has 1 atom stereocenters. The topological polar surface area (TPSA) is 49.2 Å². The van der Waals surface area contributed by atoms with Gasteiger partial charge in [0.15, 0.2) is 5.15 Å². The molecule has 14 heavy (non-hydrogen) atoms. The van der Waals surface area contributed by atoms with Gasteiger partial charge in [-0.25, -0.2) is 4.98 Å². The van der Waals surface area contributed by atoms with Crippen LogP contribution in [0.2, 0.25) is 5.15 Å². The van der Waals surface area contributed by atoms with E-state index in [9.17, 15) is 5.11 Å². The molecule has 1 N–H and O–H groups in total. The first-order valence-corrected chi connectivity index (χ1v) is 4.99. The fraction of sp³-hybridized carbons (Fsp3) is 0.556. The third kappa shape index (κ3) is 2.20. The van der Waals surface area contributed by atoms with Crippen LogP contribution in [0.3, 0.4) is 0 Å².